The lowest BCUT2D eigenvalue weighted by molar-refractivity contribution is 0.102. The Hall–Kier alpha value is -4.52. The van der Waals surface area contributed by atoms with Crippen molar-refractivity contribution in [2.45, 2.75) is 18.8 Å². The standard InChI is InChI=1S/C27H22N6O/c34-26(30-24-16-23(32-33-24)17-10-11-17)19-12-14-20(15-13-19)28-27-29-22-9-5-4-8-21(22)25(31-27)18-6-2-1-3-7-18/h1-9,12-17H,10-11H2,(H,28,29,31)(H2,30,32,33,34). The zero-order chi connectivity index (χ0) is 22.9. The Morgan fingerprint density at radius 3 is 2.44 bits per heavy atom. The molecule has 1 fully saturated rings. The third-order valence-corrected chi connectivity index (χ3v) is 5.91. The number of amides is 1. The third-order valence-electron chi connectivity index (χ3n) is 5.91. The summed E-state index contributed by atoms with van der Waals surface area (Å²) in [4.78, 5) is 22.1. The molecule has 0 atom stereocenters. The van der Waals surface area contributed by atoms with Gasteiger partial charge in [-0.1, -0.05) is 48.5 Å². The summed E-state index contributed by atoms with van der Waals surface area (Å²) in [6, 6.07) is 27.2. The van der Waals surface area contributed by atoms with Gasteiger partial charge in [0.2, 0.25) is 5.95 Å². The van der Waals surface area contributed by atoms with Gasteiger partial charge in [-0.2, -0.15) is 5.10 Å². The van der Waals surface area contributed by atoms with Crippen LogP contribution in [0.4, 0.5) is 17.5 Å². The van der Waals surface area contributed by atoms with Crippen LogP contribution in [0.2, 0.25) is 0 Å². The number of anilines is 3. The van der Waals surface area contributed by atoms with Gasteiger partial charge in [-0.05, 0) is 43.2 Å². The summed E-state index contributed by atoms with van der Waals surface area (Å²) in [6.07, 6.45) is 2.36. The molecule has 1 aliphatic rings. The number of aromatic amines is 1. The normalized spacial score (nSPS) is 13.1. The Kier molecular flexibility index (Phi) is 4.99. The van der Waals surface area contributed by atoms with E-state index < -0.39 is 0 Å². The first-order valence-corrected chi connectivity index (χ1v) is 11.3. The van der Waals surface area contributed by atoms with Crippen molar-refractivity contribution in [1.82, 2.24) is 20.2 Å². The highest BCUT2D eigenvalue weighted by atomic mass is 16.1. The smallest absolute Gasteiger partial charge is 0.256 e. The number of H-pyrrole nitrogens is 1. The van der Waals surface area contributed by atoms with Crippen molar-refractivity contribution >= 4 is 34.3 Å². The molecular weight excluding hydrogens is 424 g/mol. The fraction of sp³-hybridized carbons (Fsp3) is 0.111. The summed E-state index contributed by atoms with van der Waals surface area (Å²) in [7, 11) is 0. The fourth-order valence-electron chi connectivity index (χ4n) is 3.98. The number of nitrogens with zero attached hydrogens (tertiary/aromatic N) is 3. The number of carbonyl (C=O) groups is 1. The van der Waals surface area contributed by atoms with E-state index in [1.807, 2.05) is 72.8 Å². The average Bonchev–Trinajstić information content (AvgIpc) is 3.63. The van der Waals surface area contributed by atoms with Gasteiger partial charge in [-0.25, -0.2) is 9.97 Å². The molecule has 0 spiro atoms. The number of nitrogens with one attached hydrogen (secondary N) is 3. The first kappa shape index (κ1) is 20.1. The van der Waals surface area contributed by atoms with Crippen molar-refractivity contribution in [2.75, 3.05) is 10.6 Å². The maximum absolute atomic E-state index is 12.6. The summed E-state index contributed by atoms with van der Waals surface area (Å²) < 4.78 is 0. The molecule has 2 aromatic heterocycles. The molecule has 166 valence electrons. The zero-order valence-electron chi connectivity index (χ0n) is 18.3. The van der Waals surface area contributed by atoms with Crippen LogP contribution in [-0.4, -0.2) is 26.1 Å². The predicted molar refractivity (Wildman–Crippen MR) is 133 cm³/mol. The van der Waals surface area contributed by atoms with E-state index in [9.17, 15) is 4.79 Å². The van der Waals surface area contributed by atoms with E-state index in [0.717, 1.165) is 33.5 Å². The lowest BCUT2D eigenvalue weighted by Crippen LogP contribution is -2.12. The number of benzene rings is 3. The second-order valence-electron chi connectivity index (χ2n) is 8.42. The maximum Gasteiger partial charge on any atom is 0.256 e. The van der Waals surface area contributed by atoms with Gasteiger partial charge >= 0.3 is 0 Å². The molecule has 0 unspecified atom stereocenters. The van der Waals surface area contributed by atoms with Gasteiger partial charge in [0, 0.05) is 39.9 Å². The van der Waals surface area contributed by atoms with Crippen LogP contribution in [0, 0.1) is 0 Å². The minimum Gasteiger partial charge on any atom is -0.324 e. The van der Waals surface area contributed by atoms with E-state index in [1.165, 1.54) is 12.8 Å². The molecule has 1 saturated carbocycles. The van der Waals surface area contributed by atoms with Crippen LogP contribution in [0.1, 0.15) is 34.8 Å². The zero-order valence-corrected chi connectivity index (χ0v) is 18.3. The Bertz CT molecular complexity index is 1470. The van der Waals surface area contributed by atoms with Crippen LogP contribution in [0.3, 0.4) is 0 Å². The summed E-state index contributed by atoms with van der Waals surface area (Å²) in [5, 5.41) is 14.3. The molecule has 6 rings (SSSR count). The van der Waals surface area contributed by atoms with Crippen LogP contribution in [0.15, 0.2) is 84.9 Å². The second kappa shape index (κ2) is 8.44. The van der Waals surface area contributed by atoms with Crippen molar-refractivity contribution in [3.8, 4) is 11.3 Å². The van der Waals surface area contributed by atoms with Gasteiger partial charge in [-0.15, -0.1) is 0 Å². The highest BCUT2D eigenvalue weighted by Crippen LogP contribution is 2.39. The van der Waals surface area contributed by atoms with Crippen LogP contribution >= 0.6 is 0 Å². The van der Waals surface area contributed by atoms with E-state index in [-0.39, 0.29) is 5.91 Å². The highest BCUT2D eigenvalue weighted by molar-refractivity contribution is 6.04. The molecule has 0 saturated heterocycles. The molecule has 34 heavy (non-hydrogen) atoms. The molecule has 3 aromatic carbocycles. The topological polar surface area (TPSA) is 95.6 Å². The Morgan fingerprint density at radius 2 is 1.65 bits per heavy atom. The van der Waals surface area contributed by atoms with E-state index in [1.54, 1.807) is 12.1 Å². The van der Waals surface area contributed by atoms with E-state index in [2.05, 4.69) is 25.8 Å². The van der Waals surface area contributed by atoms with Crippen molar-refractivity contribution in [2.24, 2.45) is 0 Å². The van der Waals surface area contributed by atoms with E-state index >= 15 is 0 Å². The van der Waals surface area contributed by atoms with Crippen molar-refractivity contribution < 1.29 is 4.79 Å². The average molecular weight is 447 g/mol. The molecular formula is C27H22N6O. The molecule has 7 heteroatoms. The van der Waals surface area contributed by atoms with Crippen molar-refractivity contribution in [1.29, 1.82) is 0 Å². The van der Waals surface area contributed by atoms with Gasteiger partial charge in [-0.3, -0.25) is 9.89 Å². The molecule has 0 aliphatic heterocycles. The predicted octanol–water partition coefficient (Wildman–Crippen LogP) is 5.89. The van der Waals surface area contributed by atoms with Crippen molar-refractivity contribution in [3.63, 3.8) is 0 Å². The quantitative estimate of drug-likeness (QED) is 0.302. The van der Waals surface area contributed by atoms with Crippen LogP contribution in [0.25, 0.3) is 22.2 Å². The van der Waals surface area contributed by atoms with Crippen LogP contribution < -0.4 is 10.6 Å². The van der Waals surface area contributed by atoms with Gasteiger partial charge in [0.15, 0.2) is 5.82 Å². The first-order valence-electron chi connectivity index (χ1n) is 11.3. The number of carbonyl (C=O) groups excluding carboxylic acids is 1. The second-order valence-corrected chi connectivity index (χ2v) is 8.42. The molecule has 7 nitrogen and oxygen atoms in total. The molecule has 3 N–H and O–H groups in total. The lowest BCUT2D eigenvalue weighted by atomic mass is 10.1. The minimum atomic E-state index is -0.200. The van der Waals surface area contributed by atoms with Crippen LogP contribution in [-0.2, 0) is 0 Å². The monoisotopic (exact) mass is 446 g/mol. The van der Waals surface area contributed by atoms with Gasteiger partial charge in [0.1, 0.15) is 0 Å². The maximum atomic E-state index is 12.6. The Morgan fingerprint density at radius 1 is 0.882 bits per heavy atom. The van der Waals surface area contributed by atoms with E-state index in [0.29, 0.717) is 23.2 Å². The van der Waals surface area contributed by atoms with Gasteiger partial charge in [0.05, 0.1) is 11.2 Å². The highest BCUT2D eigenvalue weighted by Gasteiger charge is 2.25. The Labute approximate surface area is 196 Å². The van der Waals surface area contributed by atoms with Gasteiger partial charge < -0.3 is 10.6 Å². The first-order chi connectivity index (χ1) is 16.7. The third kappa shape index (κ3) is 4.11. The SMILES string of the molecule is O=C(Nc1cc(C2CC2)[nH]n1)c1ccc(Nc2nc(-c3ccccc3)c3ccccc3n2)cc1. The minimum absolute atomic E-state index is 0.200. The summed E-state index contributed by atoms with van der Waals surface area (Å²) in [6.45, 7) is 0. The molecule has 2 heterocycles. The lowest BCUT2D eigenvalue weighted by Gasteiger charge is -2.11. The van der Waals surface area contributed by atoms with Crippen LogP contribution in [0.5, 0.6) is 0 Å². The summed E-state index contributed by atoms with van der Waals surface area (Å²) in [5.41, 5.74) is 5.18. The molecule has 5 aromatic rings. The van der Waals surface area contributed by atoms with Crippen molar-refractivity contribution in [3.05, 3.63) is 96.2 Å². The molecule has 1 amide bonds. The number of hydrogen-bond donors (Lipinski definition) is 3. The number of aromatic nitrogens is 4. The Balaban J connectivity index is 1.22. The molecule has 0 bridgehead atoms. The molecule has 1 aliphatic carbocycles. The summed E-state index contributed by atoms with van der Waals surface area (Å²) >= 11 is 0. The number of fused-ring (bicyclic) bond motifs is 1. The molecule has 0 radical (unpaired) electrons. The van der Waals surface area contributed by atoms with Gasteiger partial charge in [0.25, 0.3) is 5.91 Å². The largest absolute Gasteiger partial charge is 0.324 e. The fourth-order valence-corrected chi connectivity index (χ4v) is 3.98. The number of para-hydroxylation sites is 1. The number of hydrogen-bond acceptors (Lipinski definition) is 5. The van der Waals surface area contributed by atoms with E-state index in [4.69, 9.17) is 4.98 Å². The summed E-state index contributed by atoms with van der Waals surface area (Å²) in [5.74, 6) is 1.41. The number of rotatable bonds is 6.